The van der Waals surface area contributed by atoms with E-state index in [0.29, 0.717) is 0 Å². The second-order valence-corrected chi connectivity index (χ2v) is 7.62. The van der Waals surface area contributed by atoms with Crippen molar-refractivity contribution in [2.75, 3.05) is 0 Å². The van der Waals surface area contributed by atoms with Gasteiger partial charge in [0.15, 0.2) is 0 Å². The molecule has 0 radical (unpaired) electrons. The zero-order chi connectivity index (χ0) is 17.9. The summed E-state index contributed by atoms with van der Waals surface area (Å²) in [5, 5.41) is 10.1. The molecule has 0 spiro atoms. The summed E-state index contributed by atoms with van der Waals surface area (Å²) in [6.07, 6.45) is 0. The van der Waals surface area contributed by atoms with E-state index in [2.05, 4.69) is 60.1 Å². The molecule has 3 aromatic carbocycles. The Morgan fingerprint density at radius 1 is 1.00 bits per heavy atom. The van der Waals surface area contributed by atoms with Gasteiger partial charge in [-0.1, -0.05) is 66.2 Å². The molecule has 0 unspecified atom stereocenters. The molecular formula is C22H19ClN2S. The second-order valence-electron chi connectivity index (χ2n) is 6.32. The van der Waals surface area contributed by atoms with Crippen molar-refractivity contribution < 1.29 is 0 Å². The molecule has 1 aromatic heterocycles. The first-order valence-corrected chi connectivity index (χ1v) is 9.88. The van der Waals surface area contributed by atoms with Gasteiger partial charge in [0.1, 0.15) is 5.01 Å². The Hall–Kier alpha value is -2.20. The van der Waals surface area contributed by atoms with E-state index in [4.69, 9.17) is 16.6 Å². The van der Waals surface area contributed by atoms with E-state index in [0.717, 1.165) is 27.8 Å². The van der Waals surface area contributed by atoms with Crippen LogP contribution in [0.2, 0.25) is 5.02 Å². The van der Waals surface area contributed by atoms with Crippen LogP contribution in [0.4, 0.5) is 0 Å². The van der Waals surface area contributed by atoms with Crippen LogP contribution in [-0.4, -0.2) is 4.98 Å². The quantitative estimate of drug-likeness (QED) is 0.430. The summed E-state index contributed by atoms with van der Waals surface area (Å²) in [6.45, 7) is 2.95. The molecule has 0 aliphatic rings. The molecule has 2 nitrogen and oxygen atoms in total. The summed E-state index contributed by atoms with van der Waals surface area (Å²) in [7, 11) is 0. The number of fused-ring (bicyclic) bond motifs is 1. The molecule has 0 saturated carbocycles. The highest BCUT2D eigenvalue weighted by Crippen LogP contribution is 2.27. The van der Waals surface area contributed by atoms with Gasteiger partial charge in [-0.25, -0.2) is 4.98 Å². The lowest BCUT2D eigenvalue weighted by atomic mass is 10.00. The molecule has 1 atom stereocenters. The zero-order valence-corrected chi connectivity index (χ0v) is 16.0. The molecule has 0 saturated heterocycles. The smallest absolute Gasteiger partial charge is 0.123 e. The minimum atomic E-state index is 0.252. The van der Waals surface area contributed by atoms with E-state index in [9.17, 15) is 0 Å². The van der Waals surface area contributed by atoms with Crippen LogP contribution in [0.15, 0.2) is 72.1 Å². The van der Waals surface area contributed by atoms with Crippen LogP contribution in [0.1, 0.15) is 24.2 Å². The van der Waals surface area contributed by atoms with Crippen molar-refractivity contribution in [1.29, 1.82) is 0 Å². The van der Waals surface area contributed by atoms with E-state index >= 15 is 0 Å². The Morgan fingerprint density at radius 3 is 2.62 bits per heavy atom. The van der Waals surface area contributed by atoms with Crippen molar-refractivity contribution in [3.8, 4) is 10.6 Å². The van der Waals surface area contributed by atoms with Gasteiger partial charge in [-0.2, -0.15) is 0 Å². The lowest BCUT2D eigenvalue weighted by molar-refractivity contribution is 0.572. The Labute approximate surface area is 162 Å². The third-order valence-corrected chi connectivity index (χ3v) is 5.71. The normalized spacial score (nSPS) is 12.4. The zero-order valence-electron chi connectivity index (χ0n) is 14.4. The summed E-state index contributed by atoms with van der Waals surface area (Å²) >= 11 is 7.63. The minimum absolute atomic E-state index is 0.252. The number of rotatable bonds is 5. The van der Waals surface area contributed by atoms with E-state index < -0.39 is 0 Å². The molecule has 26 heavy (non-hydrogen) atoms. The Kier molecular flexibility index (Phi) is 5.02. The van der Waals surface area contributed by atoms with Gasteiger partial charge in [0.05, 0.1) is 5.69 Å². The third kappa shape index (κ3) is 3.65. The topological polar surface area (TPSA) is 24.9 Å². The van der Waals surface area contributed by atoms with Crippen LogP contribution in [0.5, 0.6) is 0 Å². The van der Waals surface area contributed by atoms with Crippen molar-refractivity contribution in [1.82, 2.24) is 10.3 Å². The molecular weight excluding hydrogens is 360 g/mol. The average Bonchev–Trinajstić information content (AvgIpc) is 3.15. The van der Waals surface area contributed by atoms with Gasteiger partial charge in [0.2, 0.25) is 0 Å². The number of benzene rings is 3. The summed E-state index contributed by atoms with van der Waals surface area (Å²) in [5.41, 5.74) is 3.48. The number of hydrogen-bond acceptors (Lipinski definition) is 3. The molecule has 130 valence electrons. The Balaban J connectivity index is 1.48. The molecule has 0 amide bonds. The van der Waals surface area contributed by atoms with Crippen LogP contribution in [0.25, 0.3) is 21.3 Å². The van der Waals surface area contributed by atoms with Crippen molar-refractivity contribution in [2.45, 2.75) is 19.5 Å². The second kappa shape index (κ2) is 7.58. The van der Waals surface area contributed by atoms with E-state index in [-0.39, 0.29) is 6.04 Å². The summed E-state index contributed by atoms with van der Waals surface area (Å²) in [6, 6.07) is 23.1. The highest BCUT2D eigenvalue weighted by atomic mass is 35.5. The number of nitrogens with zero attached hydrogens (tertiary/aromatic N) is 1. The molecule has 4 heteroatoms. The van der Waals surface area contributed by atoms with Crippen molar-refractivity contribution >= 4 is 33.7 Å². The van der Waals surface area contributed by atoms with Crippen LogP contribution < -0.4 is 5.32 Å². The SMILES string of the molecule is C[C@@H](NCc1csc(-c2ccc(Cl)cc2)n1)c1cccc2ccccc12. The fourth-order valence-electron chi connectivity index (χ4n) is 3.11. The van der Waals surface area contributed by atoms with Crippen LogP contribution in [-0.2, 0) is 6.54 Å². The van der Waals surface area contributed by atoms with E-state index in [1.165, 1.54) is 16.3 Å². The van der Waals surface area contributed by atoms with Crippen LogP contribution >= 0.6 is 22.9 Å². The molecule has 0 aliphatic carbocycles. The van der Waals surface area contributed by atoms with Gasteiger partial charge in [-0.3, -0.25) is 0 Å². The first-order chi connectivity index (χ1) is 12.7. The van der Waals surface area contributed by atoms with Gasteiger partial charge in [-0.15, -0.1) is 11.3 Å². The molecule has 4 aromatic rings. The molecule has 0 fully saturated rings. The Morgan fingerprint density at radius 2 is 1.77 bits per heavy atom. The number of halogens is 1. The van der Waals surface area contributed by atoms with Gasteiger partial charge in [0, 0.05) is 28.6 Å². The van der Waals surface area contributed by atoms with Gasteiger partial charge in [0.25, 0.3) is 0 Å². The molecule has 0 aliphatic heterocycles. The summed E-state index contributed by atoms with van der Waals surface area (Å²) in [5.74, 6) is 0. The predicted molar refractivity (Wildman–Crippen MR) is 112 cm³/mol. The number of hydrogen-bond donors (Lipinski definition) is 1. The first kappa shape index (κ1) is 17.2. The maximum absolute atomic E-state index is 5.96. The van der Waals surface area contributed by atoms with Gasteiger partial charge in [-0.05, 0) is 35.4 Å². The highest BCUT2D eigenvalue weighted by molar-refractivity contribution is 7.13. The summed E-state index contributed by atoms with van der Waals surface area (Å²) < 4.78 is 0. The first-order valence-electron chi connectivity index (χ1n) is 8.62. The lowest BCUT2D eigenvalue weighted by Crippen LogP contribution is -2.18. The number of nitrogens with one attached hydrogen (secondary N) is 1. The van der Waals surface area contributed by atoms with Gasteiger partial charge < -0.3 is 5.32 Å². The largest absolute Gasteiger partial charge is 0.305 e. The monoisotopic (exact) mass is 378 g/mol. The Bertz CT molecular complexity index is 1020. The lowest BCUT2D eigenvalue weighted by Gasteiger charge is -2.16. The fraction of sp³-hybridized carbons (Fsp3) is 0.136. The van der Waals surface area contributed by atoms with Crippen molar-refractivity contribution in [2.24, 2.45) is 0 Å². The standard InChI is InChI=1S/C22H19ClN2S/c1-15(20-8-4-6-16-5-2-3-7-21(16)20)24-13-19-14-26-22(25-19)17-9-11-18(23)12-10-17/h2-12,14-15,24H,13H2,1H3/t15-/m1/s1. The highest BCUT2D eigenvalue weighted by Gasteiger charge is 2.10. The number of thiazole rings is 1. The summed E-state index contributed by atoms with van der Waals surface area (Å²) in [4.78, 5) is 4.75. The van der Waals surface area contributed by atoms with E-state index in [1.54, 1.807) is 11.3 Å². The van der Waals surface area contributed by atoms with Crippen molar-refractivity contribution in [3.63, 3.8) is 0 Å². The van der Waals surface area contributed by atoms with Crippen LogP contribution in [0.3, 0.4) is 0 Å². The predicted octanol–water partition coefficient (Wildman–Crippen LogP) is 6.47. The molecule has 1 N–H and O–H groups in total. The maximum atomic E-state index is 5.96. The van der Waals surface area contributed by atoms with Crippen molar-refractivity contribution in [3.05, 3.63) is 88.4 Å². The molecule has 0 bridgehead atoms. The van der Waals surface area contributed by atoms with E-state index in [1.807, 2.05) is 24.3 Å². The van der Waals surface area contributed by atoms with Crippen LogP contribution in [0, 0.1) is 0 Å². The van der Waals surface area contributed by atoms with Gasteiger partial charge >= 0.3 is 0 Å². The minimum Gasteiger partial charge on any atom is -0.305 e. The number of aromatic nitrogens is 1. The molecule has 1 heterocycles. The fourth-order valence-corrected chi connectivity index (χ4v) is 4.06. The third-order valence-electron chi connectivity index (χ3n) is 4.52. The molecule has 4 rings (SSSR count). The maximum Gasteiger partial charge on any atom is 0.123 e. The average molecular weight is 379 g/mol.